The zero-order chi connectivity index (χ0) is 26.1. The predicted molar refractivity (Wildman–Crippen MR) is 128 cm³/mol. The summed E-state index contributed by atoms with van der Waals surface area (Å²) in [5.41, 5.74) is 0.00431. The normalized spacial score (nSPS) is 20.3. The summed E-state index contributed by atoms with van der Waals surface area (Å²) in [7, 11) is -4.22. The number of aliphatic hydroxyl groups is 1. The Balaban J connectivity index is 1.47. The van der Waals surface area contributed by atoms with E-state index in [2.05, 4.69) is 9.71 Å². The molecule has 3 aromatic rings. The lowest BCUT2D eigenvalue weighted by atomic mass is 9.88. The van der Waals surface area contributed by atoms with E-state index < -0.39 is 40.3 Å². The summed E-state index contributed by atoms with van der Waals surface area (Å²) in [5, 5.41) is 30.2. The van der Waals surface area contributed by atoms with Crippen LogP contribution in [-0.4, -0.2) is 70.4 Å². The summed E-state index contributed by atoms with van der Waals surface area (Å²) < 4.78 is 33.9. The molecule has 1 aromatic heterocycles. The molecule has 190 valence electrons. The fourth-order valence-corrected chi connectivity index (χ4v) is 5.50. The lowest BCUT2D eigenvalue weighted by molar-refractivity contribution is -0.166. The lowest BCUT2D eigenvalue weighted by Crippen LogP contribution is -2.66. The van der Waals surface area contributed by atoms with E-state index in [0.717, 1.165) is 27.1 Å². The molecule has 1 amide bonds. The highest BCUT2D eigenvalue weighted by Crippen LogP contribution is 2.26. The number of likely N-dealkylation sites (tertiary alicyclic amines) is 1. The van der Waals surface area contributed by atoms with Crippen LogP contribution in [0.15, 0.2) is 59.5 Å². The Kier molecular flexibility index (Phi) is 6.85. The molecule has 4 rings (SSSR count). The molecule has 0 saturated carbocycles. The molecule has 11 nitrogen and oxygen atoms in total. The van der Waals surface area contributed by atoms with Gasteiger partial charge in [0.1, 0.15) is 12.4 Å². The smallest absolute Gasteiger partial charge is 0.407 e. The van der Waals surface area contributed by atoms with Gasteiger partial charge in [-0.25, -0.2) is 22.7 Å². The number of aromatic nitrogens is 1. The largest absolute Gasteiger partial charge is 0.489 e. The predicted octanol–water partition coefficient (Wildman–Crippen LogP) is 1.97. The molecule has 0 spiro atoms. The van der Waals surface area contributed by atoms with E-state index in [1.165, 1.54) is 24.3 Å². The van der Waals surface area contributed by atoms with Crippen LogP contribution in [0, 0.1) is 6.92 Å². The summed E-state index contributed by atoms with van der Waals surface area (Å²) in [6.07, 6.45) is -1.61. The number of ether oxygens (including phenoxy) is 1. The molecule has 2 heterocycles. The third-order valence-electron chi connectivity index (χ3n) is 6.09. The number of aryl methyl sites for hydroxylation is 1. The van der Waals surface area contributed by atoms with Gasteiger partial charge in [0, 0.05) is 23.2 Å². The van der Waals surface area contributed by atoms with E-state index in [9.17, 15) is 28.2 Å². The number of hydrogen-bond acceptors (Lipinski definition) is 7. The standard InChI is InChI=1S/C24H25N3O8S/c1-15-12-16(19-4-2-3-5-20(19)25-15)13-35-17-6-8-18(9-7-17)36(33,34)26-21-10-11-27(23(30)31)14-24(21,32)22(28)29/h2-9,12,21,26,32H,10-11,13-14H2,1H3,(H,28,29)(H,30,31)/t21-,24-/m1/s1. The van der Waals surface area contributed by atoms with Crippen molar-refractivity contribution in [3.8, 4) is 5.75 Å². The van der Waals surface area contributed by atoms with E-state index in [-0.39, 0.29) is 24.5 Å². The highest BCUT2D eigenvalue weighted by atomic mass is 32.2. The maximum absolute atomic E-state index is 12.9. The van der Waals surface area contributed by atoms with Gasteiger partial charge in [0.25, 0.3) is 0 Å². The van der Waals surface area contributed by atoms with Gasteiger partial charge in [-0.15, -0.1) is 0 Å². The number of nitrogens with one attached hydrogen (secondary N) is 1. The lowest BCUT2D eigenvalue weighted by Gasteiger charge is -2.41. The second kappa shape index (κ2) is 9.72. The van der Waals surface area contributed by atoms with Gasteiger partial charge in [0.2, 0.25) is 10.0 Å². The number of sulfonamides is 1. The van der Waals surface area contributed by atoms with Crippen LogP contribution in [0.2, 0.25) is 0 Å². The van der Waals surface area contributed by atoms with E-state index in [1.807, 2.05) is 37.3 Å². The number of piperidine rings is 1. The Labute approximate surface area is 207 Å². The third-order valence-corrected chi connectivity index (χ3v) is 7.58. The summed E-state index contributed by atoms with van der Waals surface area (Å²) in [6, 6.07) is 13.7. The molecule has 4 N–H and O–H groups in total. The van der Waals surface area contributed by atoms with Crippen molar-refractivity contribution in [2.24, 2.45) is 0 Å². The summed E-state index contributed by atoms with van der Waals surface area (Å²) >= 11 is 0. The minimum Gasteiger partial charge on any atom is -0.489 e. The number of benzene rings is 2. The highest BCUT2D eigenvalue weighted by molar-refractivity contribution is 7.89. The molecule has 12 heteroatoms. The molecule has 0 bridgehead atoms. The summed E-state index contributed by atoms with van der Waals surface area (Å²) in [4.78, 5) is 28.0. The first-order valence-electron chi connectivity index (χ1n) is 11.0. The average Bonchev–Trinajstić information content (AvgIpc) is 2.83. The number of aliphatic carboxylic acids is 1. The average molecular weight is 516 g/mol. The number of carboxylic acid groups (broad SMARTS) is 2. The summed E-state index contributed by atoms with van der Waals surface area (Å²) in [6.45, 7) is 1.23. The molecule has 1 saturated heterocycles. The minimum absolute atomic E-state index is 0.131. The maximum atomic E-state index is 12.9. The molecule has 36 heavy (non-hydrogen) atoms. The fraction of sp³-hybridized carbons (Fsp3) is 0.292. The van der Waals surface area contributed by atoms with Crippen molar-refractivity contribution < 1.29 is 38.1 Å². The monoisotopic (exact) mass is 515 g/mol. The molecule has 1 aliphatic heterocycles. The first-order chi connectivity index (χ1) is 17.0. The van der Waals surface area contributed by atoms with Crippen molar-refractivity contribution in [2.45, 2.75) is 36.5 Å². The molecular formula is C24H25N3O8S. The first-order valence-corrected chi connectivity index (χ1v) is 12.5. The fourth-order valence-electron chi connectivity index (χ4n) is 4.19. The van der Waals surface area contributed by atoms with Crippen LogP contribution in [0.25, 0.3) is 10.9 Å². The van der Waals surface area contributed by atoms with Gasteiger partial charge in [-0.3, -0.25) is 4.98 Å². The van der Waals surface area contributed by atoms with Gasteiger partial charge < -0.3 is 25.0 Å². The summed E-state index contributed by atoms with van der Waals surface area (Å²) in [5.74, 6) is -1.30. The third kappa shape index (κ3) is 5.10. The molecule has 1 aliphatic rings. The van der Waals surface area contributed by atoms with Crippen molar-refractivity contribution >= 4 is 33.0 Å². The maximum Gasteiger partial charge on any atom is 0.407 e. The van der Waals surface area contributed by atoms with Gasteiger partial charge in [-0.05, 0) is 49.7 Å². The first kappa shape index (κ1) is 25.4. The van der Waals surface area contributed by atoms with Gasteiger partial charge in [-0.1, -0.05) is 18.2 Å². The van der Waals surface area contributed by atoms with Gasteiger partial charge in [0.05, 0.1) is 23.0 Å². The van der Waals surface area contributed by atoms with Crippen LogP contribution < -0.4 is 9.46 Å². The van der Waals surface area contributed by atoms with E-state index in [0.29, 0.717) is 5.75 Å². The van der Waals surface area contributed by atoms with Crippen LogP contribution in [-0.2, 0) is 21.4 Å². The Bertz CT molecular complexity index is 1410. The zero-order valence-electron chi connectivity index (χ0n) is 19.3. The van der Waals surface area contributed by atoms with Crippen molar-refractivity contribution in [3.05, 3.63) is 65.9 Å². The zero-order valence-corrected chi connectivity index (χ0v) is 20.1. The highest BCUT2D eigenvalue weighted by Gasteiger charge is 2.51. The quantitative estimate of drug-likeness (QED) is 0.368. The Morgan fingerprint density at radius 2 is 1.86 bits per heavy atom. The van der Waals surface area contributed by atoms with Crippen LogP contribution in [0.1, 0.15) is 17.7 Å². The molecule has 0 aliphatic carbocycles. The Morgan fingerprint density at radius 3 is 2.53 bits per heavy atom. The number of fused-ring (bicyclic) bond motifs is 1. The number of carbonyl (C=O) groups is 2. The van der Waals surface area contributed by atoms with E-state index >= 15 is 0 Å². The minimum atomic E-state index is -4.22. The number of nitrogens with zero attached hydrogens (tertiary/aromatic N) is 2. The van der Waals surface area contributed by atoms with Crippen LogP contribution >= 0.6 is 0 Å². The molecule has 2 atom stereocenters. The van der Waals surface area contributed by atoms with Crippen molar-refractivity contribution in [1.82, 2.24) is 14.6 Å². The van der Waals surface area contributed by atoms with Gasteiger partial charge in [0.15, 0.2) is 5.60 Å². The van der Waals surface area contributed by atoms with Crippen LogP contribution in [0.4, 0.5) is 4.79 Å². The number of carboxylic acids is 1. The van der Waals surface area contributed by atoms with Crippen LogP contribution in [0.3, 0.4) is 0 Å². The number of rotatable bonds is 7. The number of para-hydroxylation sites is 1. The Hall–Kier alpha value is -3.74. The number of pyridine rings is 1. The van der Waals surface area contributed by atoms with Gasteiger partial charge >= 0.3 is 12.1 Å². The van der Waals surface area contributed by atoms with Crippen molar-refractivity contribution in [2.75, 3.05) is 13.1 Å². The number of β-amino-alcohol motifs (C(OH)–C–C–N with tert-alkyl or cyclic N) is 1. The van der Waals surface area contributed by atoms with Gasteiger partial charge in [-0.2, -0.15) is 0 Å². The Morgan fingerprint density at radius 1 is 1.17 bits per heavy atom. The van der Waals surface area contributed by atoms with Crippen molar-refractivity contribution in [1.29, 1.82) is 0 Å². The topological polar surface area (TPSA) is 166 Å². The molecule has 0 radical (unpaired) electrons. The van der Waals surface area contributed by atoms with Crippen LogP contribution in [0.5, 0.6) is 5.75 Å². The molecular weight excluding hydrogens is 490 g/mol. The number of amides is 1. The number of hydrogen-bond donors (Lipinski definition) is 4. The second-order valence-corrected chi connectivity index (χ2v) is 10.3. The molecule has 1 fully saturated rings. The van der Waals surface area contributed by atoms with E-state index in [1.54, 1.807) is 0 Å². The SMILES string of the molecule is Cc1cc(COc2ccc(S(=O)(=O)N[C@@H]3CCN(C(=O)O)C[C@]3(O)C(=O)O)cc2)c2ccccc2n1. The molecule has 0 unspecified atom stereocenters. The second-order valence-electron chi connectivity index (χ2n) is 8.60. The van der Waals surface area contributed by atoms with Crippen molar-refractivity contribution in [3.63, 3.8) is 0 Å². The van der Waals surface area contributed by atoms with E-state index in [4.69, 9.17) is 9.84 Å². The molecule has 2 aromatic carbocycles.